The number of carbonyl (C=O) groups is 2. The third-order valence-electron chi connectivity index (χ3n) is 3.72. The summed E-state index contributed by atoms with van der Waals surface area (Å²) in [6.07, 6.45) is 0.844. The molecule has 0 fully saturated rings. The Morgan fingerprint density at radius 3 is 2.96 bits per heavy atom. The summed E-state index contributed by atoms with van der Waals surface area (Å²) in [7, 11) is 0. The number of anilines is 1. The largest absolute Gasteiger partial charge is 0.452 e. The van der Waals surface area contributed by atoms with Gasteiger partial charge in [-0.15, -0.1) is 11.3 Å². The number of nitrogens with zero attached hydrogens (tertiary/aromatic N) is 1. The van der Waals surface area contributed by atoms with Gasteiger partial charge < -0.3 is 15.4 Å². The molecule has 0 radical (unpaired) electrons. The second kappa shape index (κ2) is 6.60. The first-order valence-corrected chi connectivity index (χ1v) is 8.35. The number of thiophene rings is 1. The van der Waals surface area contributed by atoms with E-state index in [-0.39, 0.29) is 23.8 Å². The fourth-order valence-electron chi connectivity index (χ4n) is 2.48. The Hall–Kier alpha value is -2.05. The van der Waals surface area contributed by atoms with Crippen LogP contribution in [0.15, 0.2) is 29.6 Å². The minimum Gasteiger partial charge on any atom is -0.452 e. The van der Waals surface area contributed by atoms with Crippen molar-refractivity contribution >= 4 is 40.5 Å². The van der Waals surface area contributed by atoms with Crippen molar-refractivity contribution in [1.29, 1.82) is 0 Å². The molecule has 0 unspecified atom stereocenters. The van der Waals surface area contributed by atoms with Gasteiger partial charge in [0, 0.05) is 28.7 Å². The molecule has 23 heavy (non-hydrogen) atoms. The normalized spacial score (nSPS) is 13.5. The van der Waals surface area contributed by atoms with Gasteiger partial charge in [0.1, 0.15) is 0 Å². The zero-order valence-corrected chi connectivity index (χ0v) is 13.8. The SMILES string of the molecule is Nc1cc(Cl)ccc1C(=O)OCC(=O)N1CCc2sccc2C1. The smallest absolute Gasteiger partial charge is 0.340 e. The van der Waals surface area contributed by atoms with Crippen LogP contribution in [-0.4, -0.2) is 29.9 Å². The van der Waals surface area contributed by atoms with Crippen molar-refractivity contribution in [2.75, 3.05) is 18.9 Å². The molecular formula is C16H15ClN2O3S. The summed E-state index contributed by atoms with van der Waals surface area (Å²) in [4.78, 5) is 27.2. The number of ether oxygens (including phenoxy) is 1. The first kappa shape index (κ1) is 15.8. The van der Waals surface area contributed by atoms with E-state index in [1.165, 1.54) is 22.6 Å². The Kier molecular flexibility index (Phi) is 4.54. The molecule has 5 nitrogen and oxygen atoms in total. The predicted molar refractivity (Wildman–Crippen MR) is 89.6 cm³/mol. The molecule has 0 atom stereocenters. The summed E-state index contributed by atoms with van der Waals surface area (Å²) in [6, 6.07) is 6.55. The van der Waals surface area contributed by atoms with E-state index in [2.05, 4.69) is 0 Å². The number of nitrogens with two attached hydrogens (primary N) is 1. The molecule has 2 heterocycles. The average Bonchev–Trinajstić information content (AvgIpc) is 2.99. The number of benzene rings is 1. The van der Waals surface area contributed by atoms with E-state index in [0.29, 0.717) is 18.1 Å². The zero-order valence-electron chi connectivity index (χ0n) is 12.3. The van der Waals surface area contributed by atoms with Crippen LogP contribution in [0.3, 0.4) is 0 Å². The molecule has 0 saturated carbocycles. The topological polar surface area (TPSA) is 72.6 Å². The number of nitrogen functional groups attached to an aromatic ring is 1. The zero-order chi connectivity index (χ0) is 16.4. The highest BCUT2D eigenvalue weighted by molar-refractivity contribution is 7.10. The molecule has 1 amide bonds. The molecule has 0 aliphatic carbocycles. The molecule has 3 rings (SSSR count). The minimum atomic E-state index is -0.624. The van der Waals surface area contributed by atoms with Crippen LogP contribution in [0.4, 0.5) is 5.69 Å². The summed E-state index contributed by atoms with van der Waals surface area (Å²) in [6.45, 7) is 0.922. The van der Waals surface area contributed by atoms with E-state index in [9.17, 15) is 9.59 Å². The van der Waals surface area contributed by atoms with Gasteiger partial charge in [-0.1, -0.05) is 11.6 Å². The second-order valence-electron chi connectivity index (χ2n) is 5.24. The third-order valence-corrected chi connectivity index (χ3v) is 4.98. The first-order chi connectivity index (χ1) is 11.0. The number of esters is 1. The number of fused-ring (bicyclic) bond motifs is 1. The van der Waals surface area contributed by atoms with Gasteiger partial charge in [0.15, 0.2) is 6.61 Å². The summed E-state index contributed by atoms with van der Waals surface area (Å²) in [5.74, 6) is -0.830. The molecule has 0 spiro atoms. The molecule has 1 aromatic carbocycles. The Balaban J connectivity index is 1.58. The van der Waals surface area contributed by atoms with E-state index in [4.69, 9.17) is 22.1 Å². The first-order valence-electron chi connectivity index (χ1n) is 7.10. The maximum absolute atomic E-state index is 12.2. The molecule has 2 aromatic rings. The van der Waals surface area contributed by atoms with Crippen molar-refractivity contribution in [1.82, 2.24) is 4.90 Å². The van der Waals surface area contributed by atoms with Crippen molar-refractivity contribution in [3.8, 4) is 0 Å². The summed E-state index contributed by atoms with van der Waals surface area (Å²) in [5.41, 5.74) is 7.34. The maximum atomic E-state index is 12.2. The van der Waals surface area contributed by atoms with E-state index in [0.717, 1.165) is 6.42 Å². The summed E-state index contributed by atoms with van der Waals surface area (Å²) < 4.78 is 5.08. The van der Waals surface area contributed by atoms with Gasteiger partial charge in [-0.25, -0.2) is 4.79 Å². The highest BCUT2D eigenvalue weighted by atomic mass is 35.5. The van der Waals surface area contributed by atoms with E-state index >= 15 is 0 Å². The van der Waals surface area contributed by atoms with E-state index in [1.807, 2.05) is 11.4 Å². The van der Waals surface area contributed by atoms with Crippen LogP contribution >= 0.6 is 22.9 Å². The standard InChI is InChI=1S/C16H15ClN2O3S/c17-11-1-2-12(13(18)7-11)16(21)22-9-15(20)19-5-3-14-10(8-19)4-6-23-14/h1-2,4,6-7H,3,5,8-9,18H2. The van der Waals surface area contributed by atoms with Gasteiger partial charge in [-0.3, -0.25) is 4.79 Å². The van der Waals surface area contributed by atoms with Crippen molar-refractivity contribution in [2.45, 2.75) is 13.0 Å². The quantitative estimate of drug-likeness (QED) is 0.682. The summed E-state index contributed by atoms with van der Waals surface area (Å²) in [5, 5.41) is 2.47. The van der Waals surface area contributed by atoms with Gasteiger partial charge in [0.25, 0.3) is 5.91 Å². The average molecular weight is 351 g/mol. The molecule has 2 N–H and O–H groups in total. The molecule has 1 aliphatic heterocycles. The molecular weight excluding hydrogens is 336 g/mol. The second-order valence-corrected chi connectivity index (χ2v) is 6.68. The van der Waals surface area contributed by atoms with Crippen LogP contribution in [0.5, 0.6) is 0 Å². The highest BCUT2D eigenvalue weighted by Crippen LogP contribution is 2.24. The van der Waals surface area contributed by atoms with Gasteiger partial charge in [0.05, 0.1) is 5.56 Å². The van der Waals surface area contributed by atoms with E-state index in [1.54, 1.807) is 22.3 Å². The van der Waals surface area contributed by atoms with Crippen LogP contribution in [0, 0.1) is 0 Å². The van der Waals surface area contributed by atoms with Crippen LogP contribution < -0.4 is 5.73 Å². The maximum Gasteiger partial charge on any atom is 0.340 e. The van der Waals surface area contributed by atoms with Crippen LogP contribution in [-0.2, 0) is 22.5 Å². The van der Waals surface area contributed by atoms with Gasteiger partial charge >= 0.3 is 5.97 Å². The van der Waals surface area contributed by atoms with Gasteiger partial charge in [-0.2, -0.15) is 0 Å². The molecule has 7 heteroatoms. The van der Waals surface area contributed by atoms with Crippen LogP contribution in [0.1, 0.15) is 20.8 Å². The Bertz CT molecular complexity index is 760. The molecule has 0 bridgehead atoms. The number of hydrogen-bond acceptors (Lipinski definition) is 5. The highest BCUT2D eigenvalue weighted by Gasteiger charge is 2.22. The Morgan fingerprint density at radius 2 is 2.17 bits per heavy atom. The fourth-order valence-corrected chi connectivity index (χ4v) is 3.55. The van der Waals surface area contributed by atoms with Crippen LogP contribution in [0.2, 0.25) is 5.02 Å². The molecule has 1 aliphatic rings. The monoisotopic (exact) mass is 350 g/mol. The van der Waals surface area contributed by atoms with Gasteiger partial charge in [0.2, 0.25) is 0 Å². The Morgan fingerprint density at radius 1 is 1.35 bits per heavy atom. The van der Waals surface area contributed by atoms with Crippen molar-refractivity contribution in [3.63, 3.8) is 0 Å². The van der Waals surface area contributed by atoms with Crippen molar-refractivity contribution in [2.24, 2.45) is 0 Å². The Labute approximate surface area is 142 Å². The number of amides is 1. The third kappa shape index (κ3) is 3.48. The molecule has 0 saturated heterocycles. The van der Waals surface area contributed by atoms with Gasteiger partial charge in [-0.05, 0) is 41.6 Å². The number of rotatable bonds is 3. The lowest BCUT2D eigenvalue weighted by atomic mass is 10.1. The minimum absolute atomic E-state index is 0.206. The lowest BCUT2D eigenvalue weighted by Gasteiger charge is -2.26. The number of carbonyl (C=O) groups excluding carboxylic acids is 2. The molecule has 120 valence electrons. The fraction of sp³-hybridized carbons (Fsp3) is 0.250. The van der Waals surface area contributed by atoms with E-state index < -0.39 is 5.97 Å². The van der Waals surface area contributed by atoms with Crippen LogP contribution in [0.25, 0.3) is 0 Å². The number of hydrogen-bond donors (Lipinski definition) is 1. The van der Waals surface area contributed by atoms with Crippen molar-refractivity contribution < 1.29 is 14.3 Å². The molecule has 1 aromatic heterocycles. The lowest BCUT2D eigenvalue weighted by molar-refractivity contribution is -0.135. The number of halogens is 1. The van der Waals surface area contributed by atoms with Crippen molar-refractivity contribution in [3.05, 3.63) is 50.7 Å². The lowest BCUT2D eigenvalue weighted by Crippen LogP contribution is -2.38. The summed E-state index contributed by atoms with van der Waals surface area (Å²) >= 11 is 7.50. The predicted octanol–water partition coefficient (Wildman–Crippen LogP) is 2.73.